The maximum absolute atomic E-state index is 12.5. The molecule has 252 valence electrons. The molecule has 4 rings (SSSR count). The molecule has 0 spiro atoms. The molecule has 0 bridgehead atoms. The highest BCUT2D eigenvalue weighted by Gasteiger charge is 2.65. The van der Waals surface area contributed by atoms with E-state index in [-0.39, 0.29) is 83.8 Å². The summed E-state index contributed by atoms with van der Waals surface area (Å²) in [5.41, 5.74) is -0.376. The number of rotatable bonds is 11. The highest BCUT2D eigenvalue weighted by atomic mass is 32.2. The van der Waals surface area contributed by atoms with Gasteiger partial charge < -0.3 is 19.7 Å². The minimum atomic E-state index is -3.65. The summed E-state index contributed by atoms with van der Waals surface area (Å²) in [7, 11) is -3.65. The molecule has 0 aromatic rings. The summed E-state index contributed by atoms with van der Waals surface area (Å²) in [5.74, 6) is -0.273. The van der Waals surface area contributed by atoms with Crippen molar-refractivity contribution in [3.63, 3.8) is 0 Å². The van der Waals surface area contributed by atoms with Crippen molar-refractivity contribution in [3.8, 4) is 0 Å². The van der Waals surface area contributed by atoms with Crippen molar-refractivity contribution in [1.29, 1.82) is 0 Å². The smallest absolute Gasteiger partial charge is 0.308 e. The number of carbonyl (C=O) groups is 3. The molecule has 0 aromatic carbocycles. The Kier molecular flexibility index (Phi) is 10.8. The minimum Gasteiger partial charge on any atom is -0.465 e. The van der Waals surface area contributed by atoms with Crippen LogP contribution in [0.15, 0.2) is 0 Å². The number of sulfonamides is 1. The SMILES string of the molecule is CCC(C)C(=O)OC1CCC2(C)C(C1)CC(O)C1C2CC(O)C2(C)C(C(C)CCC(=O)OCCC(=O)NS(C)(=O)=O)CCC12. The van der Waals surface area contributed by atoms with Crippen LogP contribution >= 0.6 is 0 Å². The van der Waals surface area contributed by atoms with E-state index in [2.05, 4.69) is 20.8 Å². The van der Waals surface area contributed by atoms with Gasteiger partial charge in [-0.05, 0) is 104 Å². The average Bonchev–Trinajstić information content (AvgIpc) is 3.30. The molecule has 4 fully saturated rings. The van der Waals surface area contributed by atoms with Crippen molar-refractivity contribution in [2.24, 2.45) is 52.3 Å². The first-order valence-corrected chi connectivity index (χ1v) is 18.6. The van der Waals surface area contributed by atoms with Crippen molar-refractivity contribution in [1.82, 2.24) is 4.72 Å². The third-order valence-electron chi connectivity index (χ3n) is 12.5. The summed E-state index contributed by atoms with van der Waals surface area (Å²) in [6.07, 6.45) is 6.87. The number of amides is 1. The van der Waals surface area contributed by atoms with Crippen LogP contribution in [0.4, 0.5) is 0 Å². The van der Waals surface area contributed by atoms with Crippen LogP contribution in [-0.4, -0.2) is 67.7 Å². The Morgan fingerprint density at radius 1 is 1.00 bits per heavy atom. The molecule has 4 saturated carbocycles. The summed E-state index contributed by atoms with van der Waals surface area (Å²) in [4.78, 5) is 36.5. The Labute approximate surface area is 263 Å². The van der Waals surface area contributed by atoms with Gasteiger partial charge in [-0.1, -0.05) is 34.6 Å². The van der Waals surface area contributed by atoms with Crippen molar-refractivity contribution in [2.45, 2.75) is 124 Å². The largest absolute Gasteiger partial charge is 0.465 e. The van der Waals surface area contributed by atoms with Crippen LogP contribution in [-0.2, 0) is 33.9 Å². The molecule has 4 aliphatic carbocycles. The second-order valence-corrected chi connectivity index (χ2v) is 16.8. The van der Waals surface area contributed by atoms with Gasteiger partial charge in [0.05, 0.1) is 30.8 Å². The van der Waals surface area contributed by atoms with Gasteiger partial charge in [-0.15, -0.1) is 0 Å². The van der Waals surface area contributed by atoms with E-state index in [9.17, 15) is 33.0 Å². The van der Waals surface area contributed by atoms with Crippen LogP contribution in [0.3, 0.4) is 0 Å². The van der Waals surface area contributed by atoms with Crippen molar-refractivity contribution in [2.75, 3.05) is 12.9 Å². The Balaban J connectivity index is 1.36. The number of aliphatic hydroxyl groups excluding tert-OH is 2. The van der Waals surface area contributed by atoms with Crippen LogP contribution in [0.25, 0.3) is 0 Å². The monoisotopic (exact) mass is 641 g/mol. The zero-order valence-electron chi connectivity index (χ0n) is 27.4. The lowest BCUT2D eigenvalue weighted by Crippen LogP contribution is -2.62. The molecule has 12 atom stereocenters. The molecular weight excluding hydrogens is 586 g/mol. The third-order valence-corrected chi connectivity index (χ3v) is 13.1. The van der Waals surface area contributed by atoms with E-state index in [1.54, 1.807) is 0 Å². The lowest BCUT2D eigenvalue weighted by atomic mass is 9.43. The predicted molar refractivity (Wildman–Crippen MR) is 164 cm³/mol. The highest BCUT2D eigenvalue weighted by Crippen LogP contribution is 2.68. The second-order valence-electron chi connectivity index (χ2n) is 15.0. The average molecular weight is 642 g/mol. The predicted octanol–water partition coefficient (Wildman–Crippen LogP) is 3.97. The normalized spacial score (nSPS) is 39.6. The maximum Gasteiger partial charge on any atom is 0.308 e. The fraction of sp³-hybridized carbons (Fsp3) is 0.909. The number of nitrogens with one attached hydrogen (secondary N) is 1. The number of aliphatic hydroxyl groups is 2. The summed E-state index contributed by atoms with van der Waals surface area (Å²) in [6, 6.07) is 0. The zero-order chi connectivity index (χ0) is 32.6. The number of carbonyl (C=O) groups excluding carboxylic acids is 3. The van der Waals surface area contributed by atoms with E-state index >= 15 is 0 Å². The fourth-order valence-electron chi connectivity index (χ4n) is 9.80. The standard InChI is InChI=1S/C33H55NO9S/c1-7-19(2)31(39)43-22-12-14-32(4)21(16-22)17-26(35)30-24-10-9-23(33(24,5)27(36)18-25(30)32)20(3)8-11-29(38)42-15-13-28(37)34-44(6,40)41/h19-27,30,35-36H,7-18H2,1-6H3,(H,34,37). The number of esters is 2. The van der Waals surface area contributed by atoms with E-state index in [1.165, 1.54) is 0 Å². The molecule has 0 saturated heterocycles. The van der Waals surface area contributed by atoms with Crippen LogP contribution < -0.4 is 4.72 Å². The molecule has 0 aliphatic heterocycles. The maximum atomic E-state index is 12.5. The number of fused-ring (bicyclic) bond motifs is 5. The van der Waals surface area contributed by atoms with Gasteiger partial charge in [0.15, 0.2) is 0 Å². The van der Waals surface area contributed by atoms with Gasteiger partial charge in [0.25, 0.3) is 0 Å². The zero-order valence-corrected chi connectivity index (χ0v) is 28.2. The molecule has 1 amide bonds. The molecule has 3 N–H and O–H groups in total. The minimum absolute atomic E-state index is 0.0167. The van der Waals surface area contributed by atoms with E-state index in [4.69, 9.17) is 9.47 Å². The Morgan fingerprint density at radius 3 is 2.36 bits per heavy atom. The van der Waals surface area contributed by atoms with Crippen molar-refractivity contribution >= 4 is 27.9 Å². The second kappa shape index (κ2) is 13.6. The van der Waals surface area contributed by atoms with Gasteiger partial charge in [0.2, 0.25) is 15.9 Å². The van der Waals surface area contributed by atoms with Crippen LogP contribution in [0.2, 0.25) is 0 Å². The number of hydrogen-bond acceptors (Lipinski definition) is 9. The van der Waals surface area contributed by atoms with Gasteiger partial charge in [0.1, 0.15) is 12.7 Å². The van der Waals surface area contributed by atoms with Gasteiger partial charge in [-0.2, -0.15) is 0 Å². The van der Waals surface area contributed by atoms with E-state index in [0.717, 1.165) is 44.8 Å². The Morgan fingerprint density at radius 2 is 1.70 bits per heavy atom. The first-order valence-electron chi connectivity index (χ1n) is 16.7. The summed E-state index contributed by atoms with van der Waals surface area (Å²) in [6.45, 7) is 10.4. The number of ether oxygens (including phenoxy) is 2. The van der Waals surface area contributed by atoms with Gasteiger partial charge in [-0.3, -0.25) is 19.1 Å². The summed E-state index contributed by atoms with van der Waals surface area (Å²) < 4.78 is 35.2. The Hall–Kier alpha value is -1.72. The quantitative estimate of drug-likeness (QED) is 0.284. The number of hydrogen-bond donors (Lipinski definition) is 3. The third kappa shape index (κ3) is 7.14. The van der Waals surface area contributed by atoms with E-state index in [1.807, 2.05) is 18.6 Å². The lowest BCUT2D eigenvalue weighted by molar-refractivity contribution is -0.210. The highest BCUT2D eigenvalue weighted by molar-refractivity contribution is 7.89. The summed E-state index contributed by atoms with van der Waals surface area (Å²) >= 11 is 0. The molecule has 11 heteroatoms. The molecule has 44 heavy (non-hydrogen) atoms. The van der Waals surface area contributed by atoms with Crippen LogP contribution in [0, 0.1) is 52.3 Å². The molecule has 0 aromatic heterocycles. The Bertz CT molecular complexity index is 1180. The van der Waals surface area contributed by atoms with Crippen molar-refractivity contribution < 1.29 is 42.5 Å². The molecular formula is C33H55NO9S. The van der Waals surface area contributed by atoms with E-state index < -0.39 is 34.1 Å². The lowest BCUT2D eigenvalue weighted by Gasteiger charge is -2.63. The molecule has 0 radical (unpaired) electrons. The first-order chi connectivity index (χ1) is 20.5. The summed E-state index contributed by atoms with van der Waals surface area (Å²) in [5, 5.41) is 23.5. The van der Waals surface area contributed by atoms with Gasteiger partial charge in [0, 0.05) is 6.42 Å². The molecule has 10 nitrogen and oxygen atoms in total. The molecule has 4 aliphatic rings. The van der Waals surface area contributed by atoms with Crippen LogP contribution in [0.1, 0.15) is 105 Å². The van der Waals surface area contributed by atoms with Gasteiger partial charge in [-0.25, -0.2) is 8.42 Å². The molecule has 0 heterocycles. The molecule has 12 unspecified atom stereocenters. The van der Waals surface area contributed by atoms with Crippen molar-refractivity contribution in [3.05, 3.63) is 0 Å². The topological polar surface area (TPSA) is 156 Å². The van der Waals surface area contributed by atoms with Crippen LogP contribution in [0.5, 0.6) is 0 Å². The fourth-order valence-corrected chi connectivity index (χ4v) is 10.3. The first kappa shape index (κ1) is 35.1. The van der Waals surface area contributed by atoms with E-state index in [0.29, 0.717) is 19.3 Å². The van der Waals surface area contributed by atoms with Gasteiger partial charge >= 0.3 is 11.9 Å².